The molecule has 0 saturated carbocycles. The van der Waals surface area contributed by atoms with Crippen molar-refractivity contribution in [3.05, 3.63) is 69.7 Å². The number of benzene rings is 2. The molecule has 0 bridgehead atoms. The number of hydrogen-bond acceptors (Lipinski definition) is 7. The van der Waals surface area contributed by atoms with Gasteiger partial charge in [0.15, 0.2) is 0 Å². The minimum Gasteiger partial charge on any atom is -0.494 e. The van der Waals surface area contributed by atoms with Crippen LogP contribution in [0.15, 0.2) is 53.9 Å². The third-order valence-corrected chi connectivity index (χ3v) is 6.08. The topological polar surface area (TPSA) is 71.7 Å². The zero-order valence-corrected chi connectivity index (χ0v) is 17.7. The van der Waals surface area contributed by atoms with E-state index in [1.807, 2.05) is 43.3 Å². The molecule has 2 heterocycles. The van der Waals surface area contributed by atoms with Gasteiger partial charge in [-0.05, 0) is 37.3 Å². The van der Waals surface area contributed by atoms with Crippen molar-refractivity contribution >= 4 is 22.7 Å². The Morgan fingerprint density at radius 3 is 2.53 bits per heavy atom. The Hall–Kier alpha value is -2.97. The molecule has 7 nitrogen and oxygen atoms in total. The molecule has 0 N–H and O–H groups in total. The Balaban J connectivity index is 1.35. The number of piperazine rings is 1. The lowest BCUT2D eigenvalue weighted by molar-refractivity contribution is -0.384. The van der Waals surface area contributed by atoms with Gasteiger partial charge in [0.1, 0.15) is 16.4 Å². The highest BCUT2D eigenvalue weighted by Gasteiger charge is 2.23. The summed E-state index contributed by atoms with van der Waals surface area (Å²) in [5.41, 5.74) is 3.03. The fraction of sp³-hybridized carbons (Fsp3) is 0.318. The highest BCUT2D eigenvalue weighted by atomic mass is 32.1. The van der Waals surface area contributed by atoms with Gasteiger partial charge in [0, 0.05) is 49.7 Å². The number of nitro benzene ring substituents is 1. The van der Waals surface area contributed by atoms with Crippen LogP contribution < -0.4 is 9.64 Å². The summed E-state index contributed by atoms with van der Waals surface area (Å²) in [6.07, 6.45) is 0. The van der Waals surface area contributed by atoms with Crippen LogP contribution >= 0.6 is 11.3 Å². The minimum atomic E-state index is -0.306. The third kappa shape index (κ3) is 4.60. The van der Waals surface area contributed by atoms with E-state index < -0.39 is 0 Å². The first-order chi connectivity index (χ1) is 14.6. The monoisotopic (exact) mass is 424 g/mol. The maximum atomic E-state index is 11.3. The molecule has 0 unspecified atom stereocenters. The molecular weight excluding hydrogens is 400 g/mol. The molecule has 2 aromatic carbocycles. The van der Waals surface area contributed by atoms with Gasteiger partial charge in [0.05, 0.1) is 17.2 Å². The van der Waals surface area contributed by atoms with Crippen molar-refractivity contribution in [2.75, 3.05) is 37.7 Å². The molecule has 0 atom stereocenters. The Labute approximate surface area is 179 Å². The molecule has 156 valence electrons. The summed E-state index contributed by atoms with van der Waals surface area (Å²) in [7, 11) is 0. The average Bonchev–Trinajstić information content (AvgIpc) is 3.23. The molecule has 1 aliphatic heterocycles. The van der Waals surface area contributed by atoms with E-state index in [0.717, 1.165) is 54.7 Å². The summed E-state index contributed by atoms with van der Waals surface area (Å²) in [4.78, 5) is 20.2. The van der Waals surface area contributed by atoms with Crippen molar-refractivity contribution in [2.24, 2.45) is 0 Å². The van der Waals surface area contributed by atoms with Crippen molar-refractivity contribution in [1.29, 1.82) is 0 Å². The fourth-order valence-corrected chi connectivity index (χ4v) is 4.45. The van der Waals surface area contributed by atoms with Gasteiger partial charge in [-0.25, -0.2) is 4.98 Å². The molecular formula is C22H24N4O3S. The molecule has 0 amide bonds. The van der Waals surface area contributed by atoms with E-state index in [0.29, 0.717) is 12.3 Å². The smallest absolute Gasteiger partial charge is 0.292 e. The Bertz CT molecular complexity index is 998. The molecule has 4 rings (SSSR count). The number of nitrogens with zero attached hydrogens (tertiary/aromatic N) is 4. The number of para-hydroxylation sites is 2. The van der Waals surface area contributed by atoms with Crippen molar-refractivity contribution in [3.8, 4) is 16.3 Å². The molecule has 3 aromatic rings. The second-order valence-corrected chi connectivity index (χ2v) is 7.97. The second-order valence-electron chi connectivity index (χ2n) is 7.11. The standard InChI is InChI=1S/C22H24N4O3S/c1-2-29-19-9-7-17(8-10-19)22-23-18(16-30-22)15-24-11-13-25(14-12-24)20-5-3-4-6-21(20)26(27)28/h3-10,16H,2,11-15H2,1H3. The van der Waals surface area contributed by atoms with E-state index in [1.165, 1.54) is 0 Å². The predicted molar refractivity (Wildman–Crippen MR) is 119 cm³/mol. The lowest BCUT2D eigenvalue weighted by Crippen LogP contribution is -2.46. The van der Waals surface area contributed by atoms with Crippen LogP contribution in [0.4, 0.5) is 11.4 Å². The number of ether oxygens (including phenoxy) is 1. The quantitative estimate of drug-likeness (QED) is 0.412. The van der Waals surface area contributed by atoms with Gasteiger partial charge in [0.25, 0.3) is 5.69 Å². The van der Waals surface area contributed by atoms with E-state index >= 15 is 0 Å². The summed E-state index contributed by atoms with van der Waals surface area (Å²) in [6, 6.07) is 15.0. The SMILES string of the molecule is CCOc1ccc(-c2nc(CN3CCN(c4ccccc4[N+](=O)[O-])CC3)cs2)cc1. The van der Waals surface area contributed by atoms with Gasteiger partial charge in [-0.1, -0.05) is 12.1 Å². The Kier molecular flexibility index (Phi) is 6.25. The zero-order valence-electron chi connectivity index (χ0n) is 16.9. The summed E-state index contributed by atoms with van der Waals surface area (Å²) >= 11 is 1.65. The van der Waals surface area contributed by atoms with Crippen LogP contribution in [0.2, 0.25) is 0 Å². The second kappa shape index (κ2) is 9.23. The van der Waals surface area contributed by atoms with Gasteiger partial charge in [-0.2, -0.15) is 0 Å². The van der Waals surface area contributed by atoms with Gasteiger partial charge in [0.2, 0.25) is 0 Å². The summed E-state index contributed by atoms with van der Waals surface area (Å²) < 4.78 is 5.50. The lowest BCUT2D eigenvalue weighted by atomic mass is 10.2. The number of rotatable bonds is 7. The maximum absolute atomic E-state index is 11.3. The fourth-order valence-electron chi connectivity index (χ4n) is 3.63. The first kappa shape index (κ1) is 20.3. The number of hydrogen-bond donors (Lipinski definition) is 0. The van der Waals surface area contributed by atoms with E-state index in [1.54, 1.807) is 23.5 Å². The molecule has 1 fully saturated rings. The van der Waals surface area contributed by atoms with Crippen LogP contribution in [0.3, 0.4) is 0 Å². The van der Waals surface area contributed by atoms with Gasteiger partial charge in [-0.3, -0.25) is 15.0 Å². The molecule has 1 aromatic heterocycles. The first-order valence-electron chi connectivity index (χ1n) is 10.0. The van der Waals surface area contributed by atoms with Crippen molar-refractivity contribution in [3.63, 3.8) is 0 Å². The molecule has 8 heteroatoms. The van der Waals surface area contributed by atoms with Crippen molar-refractivity contribution < 1.29 is 9.66 Å². The maximum Gasteiger partial charge on any atom is 0.292 e. The molecule has 1 aliphatic rings. The van der Waals surface area contributed by atoms with Crippen LogP contribution in [0.1, 0.15) is 12.6 Å². The Morgan fingerprint density at radius 1 is 1.10 bits per heavy atom. The number of thiazole rings is 1. The van der Waals surface area contributed by atoms with Crippen LogP contribution in [0.25, 0.3) is 10.6 Å². The molecule has 0 spiro atoms. The molecule has 0 radical (unpaired) electrons. The molecule has 1 saturated heterocycles. The number of anilines is 1. The summed E-state index contributed by atoms with van der Waals surface area (Å²) in [5.74, 6) is 0.870. The number of aromatic nitrogens is 1. The predicted octanol–water partition coefficient (Wildman–Crippen LogP) is 4.44. The van der Waals surface area contributed by atoms with Gasteiger partial charge >= 0.3 is 0 Å². The van der Waals surface area contributed by atoms with Crippen LogP contribution in [0.5, 0.6) is 5.75 Å². The third-order valence-electron chi connectivity index (χ3n) is 5.14. The van der Waals surface area contributed by atoms with E-state index in [2.05, 4.69) is 15.2 Å². The van der Waals surface area contributed by atoms with E-state index in [-0.39, 0.29) is 10.6 Å². The largest absolute Gasteiger partial charge is 0.494 e. The average molecular weight is 425 g/mol. The highest BCUT2D eigenvalue weighted by Crippen LogP contribution is 2.29. The van der Waals surface area contributed by atoms with E-state index in [4.69, 9.17) is 9.72 Å². The van der Waals surface area contributed by atoms with Crippen molar-refractivity contribution in [1.82, 2.24) is 9.88 Å². The normalized spacial score (nSPS) is 14.6. The van der Waals surface area contributed by atoms with Gasteiger partial charge in [-0.15, -0.1) is 11.3 Å². The van der Waals surface area contributed by atoms with E-state index in [9.17, 15) is 10.1 Å². The highest BCUT2D eigenvalue weighted by molar-refractivity contribution is 7.13. The van der Waals surface area contributed by atoms with Gasteiger partial charge < -0.3 is 9.64 Å². The Morgan fingerprint density at radius 2 is 1.83 bits per heavy atom. The first-order valence-corrected chi connectivity index (χ1v) is 10.9. The van der Waals surface area contributed by atoms with Crippen LogP contribution in [0, 0.1) is 10.1 Å². The molecule has 0 aliphatic carbocycles. The minimum absolute atomic E-state index is 0.172. The van der Waals surface area contributed by atoms with Crippen LogP contribution in [-0.2, 0) is 6.54 Å². The van der Waals surface area contributed by atoms with Crippen molar-refractivity contribution in [2.45, 2.75) is 13.5 Å². The zero-order chi connectivity index (χ0) is 20.9. The summed E-state index contributed by atoms with van der Waals surface area (Å²) in [5, 5.41) is 14.4. The molecule has 30 heavy (non-hydrogen) atoms. The summed E-state index contributed by atoms with van der Waals surface area (Å²) in [6.45, 7) is 6.65. The lowest BCUT2D eigenvalue weighted by Gasteiger charge is -2.35. The number of nitro groups is 1. The van der Waals surface area contributed by atoms with Crippen LogP contribution in [-0.4, -0.2) is 47.6 Å².